The van der Waals surface area contributed by atoms with Crippen molar-refractivity contribution in [1.82, 2.24) is 9.78 Å². The largest absolute Gasteiger partial charge is 0.381 e. The first-order valence-corrected chi connectivity index (χ1v) is 5.61. The number of aromatic nitrogens is 2. The van der Waals surface area contributed by atoms with Gasteiger partial charge in [-0.25, -0.2) is 0 Å². The highest BCUT2D eigenvalue weighted by atomic mass is 16.5. The van der Waals surface area contributed by atoms with E-state index >= 15 is 0 Å². The third-order valence-electron chi connectivity index (χ3n) is 2.88. The predicted molar refractivity (Wildman–Crippen MR) is 58.4 cm³/mol. The first kappa shape index (κ1) is 10.6. The Kier molecular flexibility index (Phi) is 3.38. The van der Waals surface area contributed by atoms with Gasteiger partial charge in [0.15, 0.2) is 0 Å². The lowest BCUT2D eigenvalue weighted by Gasteiger charge is -2.21. The van der Waals surface area contributed by atoms with Gasteiger partial charge >= 0.3 is 0 Å². The summed E-state index contributed by atoms with van der Waals surface area (Å²) >= 11 is 0. The molecule has 0 bridgehead atoms. The summed E-state index contributed by atoms with van der Waals surface area (Å²) in [5.41, 5.74) is 6.89. The van der Waals surface area contributed by atoms with Gasteiger partial charge in [0.05, 0.1) is 12.8 Å². The van der Waals surface area contributed by atoms with Crippen molar-refractivity contribution < 1.29 is 4.74 Å². The minimum Gasteiger partial charge on any atom is -0.381 e. The summed E-state index contributed by atoms with van der Waals surface area (Å²) in [6.07, 6.45) is 6.31. The highest BCUT2D eigenvalue weighted by Gasteiger charge is 2.15. The highest BCUT2D eigenvalue weighted by molar-refractivity contribution is 5.08. The van der Waals surface area contributed by atoms with Crippen LogP contribution in [0.2, 0.25) is 0 Å². The molecule has 84 valence electrons. The van der Waals surface area contributed by atoms with Crippen LogP contribution in [0.25, 0.3) is 0 Å². The molecule has 0 unspecified atom stereocenters. The molecule has 0 spiro atoms. The lowest BCUT2D eigenvalue weighted by molar-refractivity contribution is 0.0470. The first-order valence-electron chi connectivity index (χ1n) is 5.61. The van der Waals surface area contributed by atoms with Gasteiger partial charge in [-0.3, -0.25) is 4.68 Å². The van der Waals surface area contributed by atoms with E-state index in [2.05, 4.69) is 5.10 Å². The molecule has 0 saturated carbocycles. The number of nitrogens with zero attached hydrogens (tertiary/aromatic N) is 2. The van der Waals surface area contributed by atoms with Crippen LogP contribution in [-0.4, -0.2) is 23.0 Å². The maximum atomic E-state index is 5.78. The zero-order valence-electron chi connectivity index (χ0n) is 9.22. The average molecular weight is 209 g/mol. The quantitative estimate of drug-likeness (QED) is 0.817. The molecule has 2 N–H and O–H groups in total. The van der Waals surface area contributed by atoms with Gasteiger partial charge in [-0.05, 0) is 19.8 Å². The van der Waals surface area contributed by atoms with Gasteiger partial charge in [0.2, 0.25) is 0 Å². The molecule has 4 heteroatoms. The van der Waals surface area contributed by atoms with Crippen LogP contribution in [0.15, 0.2) is 12.4 Å². The summed E-state index contributed by atoms with van der Waals surface area (Å²) < 4.78 is 7.43. The topological polar surface area (TPSA) is 53.1 Å². The van der Waals surface area contributed by atoms with Crippen LogP contribution >= 0.6 is 0 Å². The van der Waals surface area contributed by atoms with Crippen molar-refractivity contribution in [2.45, 2.75) is 32.4 Å². The van der Waals surface area contributed by atoms with E-state index in [0.29, 0.717) is 5.92 Å². The maximum absolute atomic E-state index is 5.78. The fourth-order valence-corrected chi connectivity index (χ4v) is 1.93. The fourth-order valence-electron chi connectivity index (χ4n) is 1.93. The molecule has 1 aromatic rings. The van der Waals surface area contributed by atoms with Crippen molar-refractivity contribution >= 4 is 0 Å². The molecule has 1 aliphatic heterocycles. The Morgan fingerprint density at radius 1 is 1.73 bits per heavy atom. The van der Waals surface area contributed by atoms with Crippen molar-refractivity contribution in [2.75, 3.05) is 13.2 Å². The first-order chi connectivity index (χ1) is 7.25. The van der Waals surface area contributed by atoms with Crippen LogP contribution < -0.4 is 5.73 Å². The van der Waals surface area contributed by atoms with Crippen LogP contribution in [0.3, 0.4) is 0 Å². The minimum absolute atomic E-state index is 0.0707. The van der Waals surface area contributed by atoms with Gasteiger partial charge in [0, 0.05) is 36.9 Å². The Morgan fingerprint density at radius 3 is 3.20 bits per heavy atom. The van der Waals surface area contributed by atoms with E-state index in [9.17, 15) is 0 Å². The monoisotopic (exact) mass is 209 g/mol. The summed E-state index contributed by atoms with van der Waals surface area (Å²) in [6, 6.07) is 0.0707. The van der Waals surface area contributed by atoms with Crippen molar-refractivity contribution in [2.24, 2.45) is 11.7 Å². The molecule has 4 nitrogen and oxygen atoms in total. The fraction of sp³-hybridized carbons (Fsp3) is 0.727. The van der Waals surface area contributed by atoms with Gasteiger partial charge in [-0.2, -0.15) is 5.10 Å². The van der Waals surface area contributed by atoms with Gasteiger partial charge in [0.1, 0.15) is 0 Å². The van der Waals surface area contributed by atoms with Crippen molar-refractivity contribution in [1.29, 1.82) is 0 Å². The smallest absolute Gasteiger partial charge is 0.0537 e. The molecule has 15 heavy (non-hydrogen) atoms. The molecular weight excluding hydrogens is 190 g/mol. The predicted octanol–water partition coefficient (Wildman–Crippen LogP) is 1.33. The summed E-state index contributed by atoms with van der Waals surface area (Å²) in [5.74, 6) is 0.611. The Bertz CT molecular complexity index is 303. The molecule has 0 aromatic carbocycles. The molecule has 2 heterocycles. The number of rotatable bonds is 3. The number of hydrogen-bond acceptors (Lipinski definition) is 3. The van der Waals surface area contributed by atoms with Crippen LogP contribution in [-0.2, 0) is 11.3 Å². The van der Waals surface area contributed by atoms with E-state index in [1.165, 1.54) is 12.8 Å². The third kappa shape index (κ3) is 2.79. The SMILES string of the molecule is C[C@@H](N)c1cnn(C[C@H]2CCCOC2)c1. The standard InChI is InChI=1S/C11H19N3O/c1-9(12)11-5-13-14(7-11)6-10-3-2-4-15-8-10/h5,7,9-10H,2-4,6,8,12H2,1H3/t9-,10-/m1/s1. The van der Waals surface area contributed by atoms with Crippen LogP contribution in [0, 0.1) is 5.92 Å². The molecule has 2 rings (SSSR count). The van der Waals surface area contributed by atoms with Gasteiger partial charge in [-0.1, -0.05) is 0 Å². The molecular formula is C11H19N3O. The van der Waals surface area contributed by atoms with E-state index in [1.54, 1.807) is 0 Å². The number of nitrogens with two attached hydrogens (primary N) is 1. The lowest BCUT2D eigenvalue weighted by atomic mass is 10.0. The van der Waals surface area contributed by atoms with Gasteiger partial charge in [0.25, 0.3) is 0 Å². The van der Waals surface area contributed by atoms with E-state index in [-0.39, 0.29) is 6.04 Å². The summed E-state index contributed by atoms with van der Waals surface area (Å²) in [5, 5.41) is 4.31. The van der Waals surface area contributed by atoms with Crippen LogP contribution in [0.4, 0.5) is 0 Å². The van der Waals surface area contributed by atoms with E-state index in [4.69, 9.17) is 10.5 Å². The van der Waals surface area contributed by atoms with Crippen LogP contribution in [0.5, 0.6) is 0 Å². The molecule has 1 aromatic heterocycles. The van der Waals surface area contributed by atoms with E-state index in [1.807, 2.05) is 24.0 Å². The number of hydrogen-bond donors (Lipinski definition) is 1. The molecule has 1 saturated heterocycles. The third-order valence-corrected chi connectivity index (χ3v) is 2.88. The summed E-state index contributed by atoms with van der Waals surface area (Å²) in [4.78, 5) is 0. The van der Waals surface area contributed by atoms with Gasteiger partial charge in [-0.15, -0.1) is 0 Å². The molecule has 1 aliphatic rings. The molecule has 0 radical (unpaired) electrons. The Labute approximate surface area is 90.4 Å². The van der Waals surface area contributed by atoms with Gasteiger partial charge < -0.3 is 10.5 Å². The van der Waals surface area contributed by atoms with Crippen molar-refractivity contribution in [3.8, 4) is 0 Å². The second-order valence-electron chi connectivity index (χ2n) is 4.37. The average Bonchev–Trinajstić information content (AvgIpc) is 2.68. The Morgan fingerprint density at radius 2 is 2.60 bits per heavy atom. The van der Waals surface area contributed by atoms with Crippen LogP contribution in [0.1, 0.15) is 31.4 Å². The normalized spacial score (nSPS) is 24.0. The second kappa shape index (κ2) is 4.77. The maximum Gasteiger partial charge on any atom is 0.0537 e. The number of ether oxygens (including phenoxy) is 1. The van der Waals surface area contributed by atoms with E-state index in [0.717, 1.165) is 25.3 Å². The summed E-state index contributed by atoms with van der Waals surface area (Å²) in [6.45, 7) is 4.71. The molecule has 0 aliphatic carbocycles. The zero-order chi connectivity index (χ0) is 10.7. The van der Waals surface area contributed by atoms with Crippen molar-refractivity contribution in [3.05, 3.63) is 18.0 Å². The second-order valence-corrected chi connectivity index (χ2v) is 4.37. The molecule has 1 fully saturated rings. The zero-order valence-corrected chi connectivity index (χ0v) is 9.22. The highest BCUT2D eigenvalue weighted by Crippen LogP contribution is 2.16. The van der Waals surface area contributed by atoms with Crippen molar-refractivity contribution in [3.63, 3.8) is 0 Å². The lowest BCUT2D eigenvalue weighted by Crippen LogP contribution is -2.22. The minimum atomic E-state index is 0.0707. The summed E-state index contributed by atoms with van der Waals surface area (Å²) in [7, 11) is 0. The Balaban J connectivity index is 1.91. The molecule has 0 amide bonds. The molecule has 2 atom stereocenters. The Hall–Kier alpha value is -0.870. The van der Waals surface area contributed by atoms with E-state index < -0.39 is 0 Å².